The van der Waals surface area contributed by atoms with E-state index < -0.39 is 0 Å². The molecule has 0 saturated carbocycles. The largest absolute Gasteiger partial charge is 0.315 e. The third kappa shape index (κ3) is 3.06. The number of benzene rings is 2. The number of hydrogen-bond acceptors (Lipinski definition) is 2. The van der Waals surface area contributed by atoms with Gasteiger partial charge in [0, 0.05) is 16.8 Å². The molecule has 0 aliphatic heterocycles. The number of rotatable bonds is 4. The maximum atomic E-state index is 12.6. The summed E-state index contributed by atoms with van der Waals surface area (Å²) >= 11 is 6.10. The SMILES string of the molecule is CCC(C)n1cnc(=O)c2cc(-c3ccccc3)n(-c3ccc(Cl)cc3)c21. The van der Waals surface area contributed by atoms with Gasteiger partial charge in [-0.3, -0.25) is 9.36 Å². The molecule has 0 N–H and O–H groups in total. The van der Waals surface area contributed by atoms with Crippen molar-refractivity contribution in [2.24, 2.45) is 0 Å². The molecule has 0 aliphatic carbocycles. The van der Waals surface area contributed by atoms with Gasteiger partial charge in [0.2, 0.25) is 0 Å². The molecular weight excluding hydrogens is 358 g/mol. The Balaban J connectivity index is 2.14. The average Bonchev–Trinajstić information content (AvgIpc) is 3.10. The Bertz CT molecular complexity index is 1140. The van der Waals surface area contributed by atoms with Crippen molar-refractivity contribution in [1.82, 2.24) is 14.1 Å². The first-order chi connectivity index (χ1) is 13.1. The Hall–Kier alpha value is -2.85. The fourth-order valence-electron chi connectivity index (χ4n) is 3.34. The smallest absolute Gasteiger partial charge is 0.282 e. The van der Waals surface area contributed by atoms with Gasteiger partial charge < -0.3 is 4.57 Å². The molecule has 2 aromatic heterocycles. The van der Waals surface area contributed by atoms with Crippen LogP contribution in [0.25, 0.3) is 28.0 Å². The van der Waals surface area contributed by atoms with Crippen LogP contribution in [0, 0.1) is 0 Å². The first-order valence-corrected chi connectivity index (χ1v) is 9.42. The Morgan fingerprint density at radius 1 is 1.07 bits per heavy atom. The first-order valence-electron chi connectivity index (χ1n) is 9.04. The van der Waals surface area contributed by atoms with E-state index in [0.29, 0.717) is 10.4 Å². The molecule has 0 aliphatic rings. The van der Waals surface area contributed by atoms with Crippen molar-refractivity contribution in [2.75, 3.05) is 0 Å². The minimum Gasteiger partial charge on any atom is -0.315 e. The van der Waals surface area contributed by atoms with Gasteiger partial charge in [0.25, 0.3) is 5.56 Å². The molecule has 27 heavy (non-hydrogen) atoms. The van der Waals surface area contributed by atoms with Gasteiger partial charge in [-0.25, -0.2) is 0 Å². The fourth-order valence-corrected chi connectivity index (χ4v) is 3.47. The maximum Gasteiger partial charge on any atom is 0.282 e. The number of aromatic nitrogens is 3. The van der Waals surface area contributed by atoms with Crippen LogP contribution in [0.15, 0.2) is 71.8 Å². The molecule has 0 amide bonds. The van der Waals surface area contributed by atoms with Gasteiger partial charge in [0.1, 0.15) is 12.0 Å². The summed E-state index contributed by atoms with van der Waals surface area (Å²) in [5, 5.41) is 1.30. The quantitative estimate of drug-likeness (QED) is 0.472. The minimum absolute atomic E-state index is 0.213. The zero-order valence-electron chi connectivity index (χ0n) is 15.3. The van der Waals surface area contributed by atoms with Crippen molar-refractivity contribution in [3.8, 4) is 16.9 Å². The van der Waals surface area contributed by atoms with Crippen LogP contribution >= 0.6 is 11.6 Å². The zero-order valence-corrected chi connectivity index (χ0v) is 16.0. The third-order valence-electron chi connectivity index (χ3n) is 4.97. The predicted octanol–water partition coefficient (Wildman–Crippen LogP) is 5.48. The molecule has 136 valence electrons. The van der Waals surface area contributed by atoms with Crippen LogP contribution in [-0.4, -0.2) is 14.1 Å². The monoisotopic (exact) mass is 377 g/mol. The molecule has 1 unspecified atom stereocenters. The molecule has 0 fully saturated rings. The molecule has 2 heterocycles. The zero-order chi connectivity index (χ0) is 19.0. The predicted molar refractivity (Wildman–Crippen MR) is 111 cm³/mol. The maximum absolute atomic E-state index is 12.6. The van der Waals surface area contributed by atoms with Gasteiger partial charge in [0.05, 0.1) is 11.1 Å². The molecule has 0 radical (unpaired) electrons. The topological polar surface area (TPSA) is 39.8 Å². The van der Waals surface area contributed by atoms with Crippen molar-refractivity contribution in [1.29, 1.82) is 0 Å². The highest BCUT2D eigenvalue weighted by Gasteiger charge is 2.19. The van der Waals surface area contributed by atoms with Crippen molar-refractivity contribution < 1.29 is 0 Å². The van der Waals surface area contributed by atoms with E-state index >= 15 is 0 Å². The molecule has 0 spiro atoms. The van der Waals surface area contributed by atoms with E-state index in [-0.39, 0.29) is 11.6 Å². The van der Waals surface area contributed by atoms with Crippen LogP contribution in [0.1, 0.15) is 26.3 Å². The van der Waals surface area contributed by atoms with Crippen LogP contribution in [0.5, 0.6) is 0 Å². The van der Waals surface area contributed by atoms with Gasteiger partial charge in [-0.2, -0.15) is 4.98 Å². The standard InChI is InChI=1S/C22H20ClN3O/c1-3-15(2)25-14-24-21(27)19-13-20(16-7-5-4-6-8-16)26(22(19)25)18-11-9-17(23)10-12-18/h4-15H,3H2,1-2H3. The van der Waals surface area contributed by atoms with Crippen LogP contribution in [0.4, 0.5) is 0 Å². The normalized spacial score (nSPS) is 12.4. The van der Waals surface area contributed by atoms with Crippen molar-refractivity contribution in [3.05, 3.63) is 82.4 Å². The summed E-state index contributed by atoms with van der Waals surface area (Å²) in [5.74, 6) is 0. The number of nitrogens with zero attached hydrogens (tertiary/aromatic N) is 3. The van der Waals surface area contributed by atoms with Gasteiger partial charge in [-0.15, -0.1) is 0 Å². The highest BCUT2D eigenvalue weighted by atomic mass is 35.5. The van der Waals surface area contributed by atoms with E-state index in [4.69, 9.17) is 11.6 Å². The van der Waals surface area contributed by atoms with Crippen LogP contribution in [-0.2, 0) is 0 Å². The summed E-state index contributed by atoms with van der Waals surface area (Å²) in [6.45, 7) is 4.26. The summed E-state index contributed by atoms with van der Waals surface area (Å²) < 4.78 is 4.20. The van der Waals surface area contributed by atoms with Crippen LogP contribution in [0.3, 0.4) is 0 Å². The van der Waals surface area contributed by atoms with Gasteiger partial charge in [-0.05, 0) is 49.2 Å². The molecule has 5 heteroatoms. The Kier molecular flexibility index (Phi) is 4.58. The second-order valence-corrected chi connectivity index (χ2v) is 7.10. The van der Waals surface area contributed by atoms with Crippen LogP contribution < -0.4 is 5.56 Å². The molecule has 0 saturated heterocycles. The van der Waals surface area contributed by atoms with E-state index in [1.54, 1.807) is 6.33 Å². The van der Waals surface area contributed by atoms with Crippen molar-refractivity contribution in [2.45, 2.75) is 26.3 Å². The molecule has 0 bridgehead atoms. The summed E-state index contributed by atoms with van der Waals surface area (Å²) in [6, 6.07) is 19.9. The Morgan fingerprint density at radius 3 is 2.44 bits per heavy atom. The van der Waals surface area contributed by atoms with E-state index in [0.717, 1.165) is 29.0 Å². The lowest BCUT2D eigenvalue weighted by Crippen LogP contribution is -2.16. The average molecular weight is 378 g/mol. The van der Waals surface area contributed by atoms with E-state index in [1.165, 1.54) is 0 Å². The Labute approximate surface area is 162 Å². The van der Waals surface area contributed by atoms with Gasteiger partial charge in [-0.1, -0.05) is 48.9 Å². The van der Waals surface area contributed by atoms with Crippen molar-refractivity contribution >= 4 is 22.6 Å². The molecule has 4 aromatic rings. The lowest BCUT2D eigenvalue weighted by atomic mass is 10.1. The molecular formula is C22H20ClN3O. The lowest BCUT2D eigenvalue weighted by molar-refractivity contribution is 0.531. The summed E-state index contributed by atoms with van der Waals surface area (Å²) in [6.07, 6.45) is 2.59. The Morgan fingerprint density at radius 2 is 1.78 bits per heavy atom. The molecule has 4 rings (SSSR count). The fraction of sp³-hybridized carbons (Fsp3) is 0.182. The highest BCUT2D eigenvalue weighted by Crippen LogP contribution is 2.32. The number of hydrogen-bond donors (Lipinski definition) is 0. The van der Waals surface area contributed by atoms with E-state index in [1.807, 2.05) is 60.7 Å². The summed E-state index contributed by atoms with van der Waals surface area (Å²) in [4.78, 5) is 16.7. The van der Waals surface area contributed by atoms with Crippen LogP contribution in [0.2, 0.25) is 5.02 Å². The summed E-state index contributed by atoms with van der Waals surface area (Å²) in [7, 11) is 0. The van der Waals surface area contributed by atoms with Gasteiger partial charge in [0.15, 0.2) is 0 Å². The second kappa shape index (κ2) is 7.05. The molecule has 2 aromatic carbocycles. The number of halogens is 1. The van der Waals surface area contributed by atoms with Gasteiger partial charge >= 0.3 is 0 Å². The van der Waals surface area contributed by atoms with E-state index in [9.17, 15) is 4.79 Å². The highest BCUT2D eigenvalue weighted by molar-refractivity contribution is 6.30. The first kappa shape index (κ1) is 17.6. The molecule has 4 nitrogen and oxygen atoms in total. The summed E-state index contributed by atoms with van der Waals surface area (Å²) in [5.41, 5.74) is 3.59. The third-order valence-corrected chi connectivity index (χ3v) is 5.22. The minimum atomic E-state index is -0.213. The lowest BCUT2D eigenvalue weighted by Gasteiger charge is -2.19. The number of fused-ring (bicyclic) bond motifs is 1. The van der Waals surface area contributed by atoms with Crippen molar-refractivity contribution in [3.63, 3.8) is 0 Å². The van der Waals surface area contributed by atoms with E-state index in [2.05, 4.69) is 28.0 Å². The molecule has 1 atom stereocenters. The second-order valence-electron chi connectivity index (χ2n) is 6.66.